The zero-order valence-corrected chi connectivity index (χ0v) is 16.5. The largest absolute Gasteiger partial charge is 0.418 e. The number of para-hydroxylation sites is 1. The second kappa shape index (κ2) is 8.78. The highest BCUT2D eigenvalue weighted by Gasteiger charge is 2.33. The molecule has 0 aliphatic rings. The number of halogens is 3. The maximum absolute atomic E-state index is 13.0. The maximum Gasteiger partial charge on any atom is 0.418 e. The number of nitrogens with zero attached hydrogens (tertiary/aromatic N) is 3. The number of aromatic nitrogens is 3. The smallest absolute Gasteiger partial charge is 0.325 e. The van der Waals surface area contributed by atoms with Gasteiger partial charge in [0.05, 0.1) is 21.9 Å². The van der Waals surface area contributed by atoms with Crippen LogP contribution in [0.25, 0.3) is 10.7 Å². The van der Waals surface area contributed by atoms with E-state index in [9.17, 15) is 18.0 Å². The number of hydrogen-bond acceptors (Lipinski definition) is 5. The van der Waals surface area contributed by atoms with Crippen molar-refractivity contribution in [2.45, 2.75) is 31.2 Å². The number of nitrogens with one attached hydrogen (secondary N) is 1. The van der Waals surface area contributed by atoms with Crippen molar-refractivity contribution >= 4 is 34.7 Å². The van der Waals surface area contributed by atoms with Gasteiger partial charge in [-0.05, 0) is 30.0 Å². The van der Waals surface area contributed by atoms with Gasteiger partial charge in [0, 0.05) is 6.54 Å². The molecule has 0 unspecified atom stereocenters. The molecule has 0 saturated heterocycles. The Morgan fingerprint density at radius 1 is 1.21 bits per heavy atom. The van der Waals surface area contributed by atoms with E-state index in [0.717, 1.165) is 35.0 Å². The highest BCUT2D eigenvalue weighted by molar-refractivity contribution is 7.99. The molecular formula is C18H17F3N4OS2. The third kappa shape index (κ3) is 4.74. The lowest BCUT2D eigenvalue weighted by atomic mass is 10.1. The molecule has 5 nitrogen and oxygen atoms in total. The van der Waals surface area contributed by atoms with Crippen LogP contribution in [0.3, 0.4) is 0 Å². The van der Waals surface area contributed by atoms with Crippen molar-refractivity contribution in [3.8, 4) is 10.7 Å². The minimum atomic E-state index is -4.53. The first-order valence-electron chi connectivity index (χ1n) is 8.46. The SMILES string of the molecule is CCCn1c(SCC(=O)Nc2ccccc2C(F)(F)F)nnc1-c1cccs1. The molecule has 1 aromatic carbocycles. The molecule has 1 N–H and O–H groups in total. The highest BCUT2D eigenvalue weighted by atomic mass is 32.2. The topological polar surface area (TPSA) is 59.8 Å². The Hall–Kier alpha value is -2.33. The molecule has 0 bridgehead atoms. The minimum Gasteiger partial charge on any atom is -0.325 e. The van der Waals surface area contributed by atoms with Crippen molar-refractivity contribution in [3.63, 3.8) is 0 Å². The molecule has 148 valence electrons. The molecule has 28 heavy (non-hydrogen) atoms. The van der Waals surface area contributed by atoms with Crippen LogP contribution in [0.15, 0.2) is 46.9 Å². The molecule has 0 spiro atoms. The van der Waals surface area contributed by atoms with Gasteiger partial charge >= 0.3 is 6.18 Å². The summed E-state index contributed by atoms with van der Waals surface area (Å²) in [7, 11) is 0. The van der Waals surface area contributed by atoms with E-state index < -0.39 is 17.6 Å². The van der Waals surface area contributed by atoms with Crippen molar-refractivity contribution in [2.75, 3.05) is 11.1 Å². The van der Waals surface area contributed by atoms with Gasteiger partial charge in [0.1, 0.15) is 0 Å². The van der Waals surface area contributed by atoms with Crippen molar-refractivity contribution in [3.05, 3.63) is 47.3 Å². The number of thioether (sulfide) groups is 1. The lowest BCUT2D eigenvalue weighted by molar-refractivity contribution is -0.137. The zero-order valence-electron chi connectivity index (χ0n) is 14.9. The first-order chi connectivity index (χ1) is 13.4. The van der Waals surface area contributed by atoms with Crippen molar-refractivity contribution in [2.24, 2.45) is 0 Å². The summed E-state index contributed by atoms with van der Waals surface area (Å²) >= 11 is 2.69. The Balaban J connectivity index is 1.71. The molecule has 0 radical (unpaired) electrons. The third-order valence-electron chi connectivity index (χ3n) is 3.74. The Kier molecular flexibility index (Phi) is 6.40. The Morgan fingerprint density at radius 2 is 2.00 bits per heavy atom. The summed E-state index contributed by atoms with van der Waals surface area (Å²) in [5.74, 6) is 0.117. The van der Waals surface area contributed by atoms with Crippen molar-refractivity contribution in [1.82, 2.24) is 14.8 Å². The van der Waals surface area contributed by atoms with E-state index >= 15 is 0 Å². The predicted octanol–water partition coefficient (Wildman–Crippen LogP) is 5.17. The number of amides is 1. The second-order valence-electron chi connectivity index (χ2n) is 5.82. The normalized spacial score (nSPS) is 11.6. The minimum absolute atomic E-state index is 0.0710. The van der Waals surface area contributed by atoms with Crippen LogP contribution >= 0.6 is 23.1 Å². The van der Waals surface area contributed by atoms with Crippen molar-refractivity contribution in [1.29, 1.82) is 0 Å². The van der Waals surface area contributed by atoms with Crippen LogP contribution in [0, 0.1) is 0 Å². The number of rotatable bonds is 7. The van der Waals surface area contributed by atoms with Gasteiger partial charge < -0.3 is 9.88 Å². The molecule has 0 atom stereocenters. The van der Waals surface area contributed by atoms with Gasteiger partial charge in [0.2, 0.25) is 5.91 Å². The summed E-state index contributed by atoms with van der Waals surface area (Å²) in [6, 6.07) is 8.77. The number of hydrogen-bond donors (Lipinski definition) is 1. The average Bonchev–Trinajstić information content (AvgIpc) is 3.29. The molecule has 10 heteroatoms. The Labute approximate surface area is 168 Å². The first kappa shape index (κ1) is 20.4. The van der Waals surface area contributed by atoms with E-state index in [1.807, 2.05) is 29.0 Å². The quantitative estimate of drug-likeness (QED) is 0.530. The molecule has 3 rings (SSSR count). The molecule has 2 aromatic heterocycles. The fraction of sp³-hybridized carbons (Fsp3) is 0.278. The summed E-state index contributed by atoms with van der Waals surface area (Å²) < 4.78 is 41.1. The summed E-state index contributed by atoms with van der Waals surface area (Å²) in [5, 5.41) is 13.2. The standard InChI is InChI=1S/C18H17F3N4OS2/c1-2-9-25-16(14-8-5-10-27-14)23-24-17(25)28-11-15(26)22-13-7-4-3-6-12(13)18(19,20)21/h3-8,10H,2,9,11H2,1H3,(H,22,26). The number of benzene rings is 1. The zero-order chi connectivity index (χ0) is 20.1. The third-order valence-corrected chi connectivity index (χ3v) is 5.58. The van der Waals surface area contributed by atoms with Gasteiger partial charge in [-0.25, -0.2) is 0 Å². The fourth-order valence-corrected chi connectivity index (χ4v) is 4.05. The van der Waals surface area contributed by atoms with Crippen LogP contribution in [0.4, 0.5) is 18.9 Å². The van der Waals surface area contributed by atoms with E-state index in [2.05, 4.69) is 15.5 Å². The summed E-state index contributed by atoms with van der Waals surface area (Å²) in [6.07, 6.45) is -3.68. The van der Waals surface area contributed by atoms with Gasteiger partial charge in [-0.2, -0.15) is 13.2 Å². The highest BCUT2D eigenvalue weighted by Crippen LogP contribution is 2.34. The monoisotopic (exact) mass is 426 g/mol. The van der Waals surface area contributed by atoms with Crippen LogP contribution in [0.2, 0.25) is 0 Å². The lowest BCUT2D eigenvalue weighted by Gasteiger charge is -2.13. The van der Waals surface area contributed by atoms with Crippen LogP contribution in [0.1, 0.15) is 18.9 Å². The van der Waals surface area contributed by atoms with E-state index in [4.69, 9.17) is 0 Å². The van der Waals surface area contributed by atoms with Crippen LogP contribution in [-0.4, -0.2) is 26.4 Å². The lowest BCUT2D eigenvalue weighted by Crippen LogP contribution is -2.18. The molecule has 1 amide bonds. The first-order valence-corrected chi connectivity index (χ1v) is 10.3. The molecule has 0 aliphatic carbocycles. The molecule has 2 heterocycles. The van der Waals surface area contributed by atoms with E-state index in [-0.39, 0.29) is 11.4 Å². The number of carbonyl (C=O) groups excluding carboxylic acids is 1. The fourth-order valence-electron chi connectivity index (χ4n) is 2.56. The van der Waals surface area contributed by atoms with Gasteiger partial charge in [0.15, 0.2) is 11.0 Å². The van der Waals surface area contributed by atoms with Crippen LogP contribution in [-0.2, 0) is 17.5 Å². The number of alkyl halides is 3. The van der Waals surface area contributed by atoms with Gasteiger partial charge in [0.25, 0.3) is 0 Å². The number of carbonyl (C=O) groups is 1. The molecule has 0 aliphatic heterocycles. The Morgan fingerprint density at radius 3 is 2.68 bits per heavy atom. The predicted molar refractivity (Wildman–Crippen MR) is 104 cm³/mol. The van der Waals surface area contributed by atoms with E-state index in [0.29, 0.717) is 11.7 Å². The van der Waals surface area contributed by atoms with Crippen LogP contribution < -0.4 is 5.32 Å². The number of thiophene rings is 1. The summed E-state index contributed by atoms with van der Waals surface area (Å²) in [6.45, 7) is 2.70. The van der Waals surface area contributed by atoms with Gasteiger partial charge in [-0.3, -0.25) is 4.79 Å². The van der Waals surface area contributed by atoms with E-state index in [1.54, 1.807) is 11.3 Å². The van der Waals surface area contributed by atoms with Crippen LogP contribution in [0.5, 0.6) is 0 Å². The van der Waals surface area contributed by atoms with Crippen molar-refractivity contribution < 1.29 is 18.0 Å². The molecule has 0 saturated carbocycles. The van der Waals surface area contributed by atoms with Gasteiger partial charge in [-0.15, -0.1) is 21.5 Å². The number of anilines is 1. The van der Waals surface area contributed by atoms with E-state index in [1.165, 1.54) is 18.2 Å². The second-order valence-corrected chi connectivity index (χ2v) is 7.71. The van der Waals surface area contributed by atoms with Gasteiger partial charge in [-0.1, -0.05) is 36.9 Å². The Bertz CT molecular complexity index is 939. The maximum atomic E-state index is 13.0. The molecule has 0 fully saturated rings. The summed E-state index contributed by atoms with van der Waals surface area (Å²) in [5.41, 5.74) is -1.13. The summed E-state index contributed by atoms with van der Waals surface area (Å²) in [4.78, 5) is 13.2. The molecular weight excluding hydrogens is 409 g/mol. The molecule has 3 aromatic rings. The average molecular weight is 426 g/mol.